The van der Waals surface area contributed by atoms with Gasteiger partial charge in [0.2, 0.25) is 5.91 Å². The number of thiazole rings is 1. The third-order valence-corrected chi connectivity index (χ3v) is 4.39. The Labute approximate surface area is 131 Å². The predicted molar refractivity (Wildman–Crippen MR) is 89.1 cm³/mol. The summed E-state index contributed by atoms with van der Waals surface area (Å²) in [5, 5.41) is 3.69. The smallest absolute Gasteiger partial charge is 0.239 e. The van der Waals surface area contributed by atoms with Gasteiger partial charge in [0.05, 0.1) is 10.2 Å². The van der Waals surface area contributed by atoms with E-state index in [0.29, 0.717) is 0 Å². The summed E-state index contributed by atoms with van der Waals surface area (Å²) in [5.41, 5.74) is 4.02. The first-order valence-electron chi connectivity index (χ1n) is 6.49. The molecule has 3 rings (SSSR count). The molecule has 0 aliphatic carbocycles. The van der Waals surface area contributed by atoms with E-state index in [1.165, 1.54) is 10.3 Å². The third kappa shape index (κ3) is 3.06. The maximum atomic E-state index is 11.2. The van der Waals surface area contributed by atoms with Crippen LogP contribution in [0.15, 0.2) is 42.5 Å². The van der Waals surface area contributed by atoms with Crippen LogP contribution in [0.3, 0.4) is 0 Å². The van der Waals surface area contributed by atoms with Crippen molar-refractivity contribution in [3.63, 3.8) is 0 Å². The summed E-state index contributed by atoms with van der Waals surface area (Å²) in [6.07, 6.45) is 0. The van der Waals surface area contributed by atoms with Gasteiger partial charge in [0, 0.05) is 11.3 Å². The first kappa shape index (κ1) is 14.0. The summed E-state index contributed by atoms with van der Waals surface area (Å²) in [5.74, 6) is -0.251. The van der Waals surface area contributed by atoms with Crippen molar-refractivity contribution in [3.8, 4) is 10.6 Å². The van der Waals surface area contributed by atoms with Crippen molar-refractivity contribution >= 4 is 44.7 Å². The molecule has 21 heavy (non-hydrogen) atoms. The molecule has 1 amide bonds. The molecule has 2 aromatic carbocycles. The number of nitrogens with one attached hydrogen (secondary N) is 1. The van der Waals surface area contributed by atoms with Gasteiger partial charge in [-0.15, -0.1) is 22.9 Å². The van der Waals surface area contributed by atoms with Crippen LogP contribution in [0.5, 0.6) is 0 Å². The number of nitrogens with zero attached hydrogens (tertiary/aromatic N) is 1. The summed E-state index contributed by atoms with van der Waals surface area (Å²) in [6, 6.07) is 13.9. The molecule has 5 heteroatoms. The molecule has 1 aromatic heterocycles. The van der Waals surface area contributed by atoms with Gasteiger partial charge in [0.15, 0.2) is 0 Å². The summed E-state index contributed by atoms with van der Waals surface area (Å²) in [6.45, 7) is 2.08. The lowest BCUT2D eigenvalue weighted by Crippen LogP contribution is -2.12. The first-order chi connectivity index (χ1) is 10.2. The van der Waals surface area contributed by atoms with E-state index < -0.39 is 0 Å². The van der Waals surface area contributed by atoms with Crippen molar-refractivity contribution in [2.45, 2.75) is 6.92 Å². The number of alkyl halides is 1. The Bertz CT molecular complexity index is 796. The highest BCUT2D eigenvalue weighted by molar-refractivity contribution is 7.21. The molecule has 0 atom stereocenters. The van der Waals surface area contributed by atoms with Gasteiger partial charge in [-0.05, 0) is 48.9 Å². The first-order valence-corrected chi connectivity index (χ1v) is 7.84. The molecule has 0 fully saturated rings. The second-order valence-electron chi connectivity index (χ2n) is 4.75. The molecule has 0 aliphatic heterocycles. The number of aromatic nitrogens is 1. The number of halogens is 1. The minimum absolute atomic E-state index is 0.0427. The number of anilines is 1. The van der Waals surface area contributed by atoms with Crippen LogP contribution in [-0.2, 0) is 4.79 Å². The Morgan fingerprint density at radius 1 is 1.24 bits per heavy atom. The molecular weight excluding hydrogens is 304 g/mol. The number of carbonyl (C=O) groups excluding carboxylic acids is 1. The summed E-state index contributed by atoms with van der Waals surface area (Å²) < 4.78 is 1.18. The highest BCUT2D eigenvalue weighted by atomic mass is 35.5. The van der Waals surface area contributed by atoms with Crippen molar-refractivity contribution in [1.29, 1.82) is 0 Å². The molecule has 0 radical (unpaired) electrons. The predicted octanol–water partition coefficient (Wildman–Crippen LogP) is 4.45. The van der Waals surface area contributed by atoms with Gasteiger partial charge < -0.3 is 5.32 Å². The van der Waals surface area contributed by atoms with E-state index in [9.17, 15) is 4.79 Å². The average molecular weight is 317 g/mol. The van der Waals surface area contributed by atoms with Gasteiger partial charge in [-0.3, -0.25) is 4.79 Å². The molecule has 0 unspecified atom stereocenters. The monoisotopic (exact) mass is 316 g/mol. The third-order valence-electron chi connectivity index (χ3n) is 3.08. The Morgan fingerprint density at radius 3 is 2.71 bits per heavy atom. The molecule has 0 bridgehead atoms. The number of amides is 1. The molecule has 0 saturated carbocycles. The average Bonchev–Trinajstić information content (AvgIpc) is 2.90. The molecule has 3 nitrogen and oxygen atoms in total. The molecular formula is C16H13ClN2OS. The van der Waals surface area contributed by atoms with Crippen LogP contribution in [0, 0.1) is 6.92 Å². The number of aryl methyl sites for hydroxylation is 1. The SMILES string of the molecule is Cc1ccc2nc(-c3ccc(NC(=O)CCl)cc3)sc2c1. The maximum Gasteiger partial charge on any atom is 0.239 e. The van der Waals surface area contributed by atoms with E-state index in [4.69, 9.17) is 11.6 Å². The van der Waals surface area contributed by atoms with Crippen molar-refractivity contribution in [3.05, 3.63) is 48.0 Å². The zero-order valence-electron chi connectivity index (χ0n) is 11.4. The molecule has 1 N–H and O–H groups in total. The maximum absolute atomic E-state index is 11.2. The topological polar surface area (TPSA) is 42.0 Å². The standard InChI is InChI=1S/C16H13ClN2OS/c1-10-2-7-13-14(8-10)21-16(19-13)11-3-5-12(6-4-11)18-15(20)9-17/h2-8H,9H2,1H3,(H,18,20). The normalized spacial score (nSPS) is 10.8. The Kier molecular flexibility index (Phi) is 3.90. The molecule has 106 valence electrons. The van der Waals surface area contributed by atoms with Crippen LogP contribution in [-0.4, -0.2) is 16.8 Å². The van der Waals surface area contributed by atoms with Crippen molar-refractivity contribution < 1.29 is 4.79 Å². The van der Waals surface area contributed by atoms with Gasteiger partial charge in [-0.25, -0.2) is 4.98 Å². The number of rotatable bonds is 3. The Morgan fingerprint density at radius 2 is 2.00 bits per heavy atom. The molecule has 1 heterocycles. The zero-order valence-corrected chi connectivity index (χ0v) is 13.0. The minimum Gasteiger partial charge on any atom is -0.325 e. The van der Waals surface area contributed by atoms with Crippen LogP contribution in [0.2, 0.25) is 0 Å². The fourth-order valence-corrected chi connectivity index (χ4v) is 3.18. The highest BCUT2D eigenvalue weighted by Crippen LogP contribution is 2.31. The van der Waals surface area contributed by atoms with E-state index in [-0.39, 0.29) is 11.8 Å². The lowest BCUT2D eigenvalue weighted by atomic mass is 10.2. The summed E-state index contributed by atoms with van der Waals surface area (Å²) in [4.78, 5) is 15.9. The van der Waals surface area contributed by atoms with Crippen LogP contribution in [0.1, 0.15) is 5.56 Å². The Hall–Kier alpha value is -1.91. The highest BCUT2D eigenvalue weighted by Gasteiger charge is 2.07. The number of hydrogen-bond acceptors (Lipinski definition) is 3. The van der Waals surface area contributed by atoms with Gasteiger partial charge in [-0.2, -0.15) is 0 Å². The van der Waals surface area contributed by atoms with Crippen LogP contribution >= 0.6 is 22.9 Å². The zero-order chi connectivity index (χ0) is 14.8. The van der Waals surface area contributed by atoms with Crippen molar-refractivity contribution in [2.24, 2.45) is 0 Å². The van der Waals surface area contributed by atoms with E-state index >= 15 is 0 Å². The van der Waals surface area contributed by atoms with Gasteiger partial charge in [0.1, 0.15) is 10.9 Å². The quantitative estimate of drug-likeness (QED) is 0.725. The van der Waals surface area contributed by atoms with Gasteiger partial charge in [-0.1, -0.05) is 6.07 Å². The minimum atomic E-state index is -0.208. The molecule has 3 aromatic rings. The Balaban J connectivity index is 1.90. The van der Waals surface area contributed by atoms with Gasteiger partial charge >= 0.3 is 0 Å². The summed E-state index contributed by atoms with van der Waals surface area (Å²) >= 11 is 7.14. The van der Waals surface area contributed by atoms with Crippen LogP contribution in [0.25, 0.3) is 20.8 Å². The lowest BCUT2D eigenvalue weighted by molar-refractivity contribution is -0.113. The molecule has 0 aliphatic rings. The number of hydrogen-bond donors (Lipinski definition) is 1. The summed E-state index contributed by atoms with van der Waals surface area (Å²) in [7, 11) is 0. The van der Waals surface area contributed by atoms with E-state index in [2.05, 4.69) is 29.4 Å². The van der Waals surface area contributed by atoms with Crippen LogP contribution < -0.4 is 5.32 Å². The van der Waals surface area contributed by atoms with E-state index in [1.54, 1.807) is 11.3 Å². The second-order valence-corrected chi connectivity index (χ2v) is 6.05. The van der Waals surface area contributed by atoms with Crippen LogP contribution in [0.4, 0.5) is 5.69 Å². The molecule has 0 spiro atoms. The largest absolute Gasteiger partial charge is 0.325 e. The number of benzene rings is 2. The second kappa shape index (κ2) is 5.84. The fraction of sp³-hybridized carbons (Fsp3) is 0.125. The van der Waals surface area contributed by atoms with Crippen molar-refractivity contribution in [2.75, 3.05) is 11.2 Å². The number of carbonyl (C=O) groups is 1. The van der Waals surface area contributed by atoms with E-state index in [0.717, 1.165) is 21.8 Å². The number of fused-ring (bicyclic) bond motifs is 1. The lowest BCUT2D eigenvalue weighted by Gasteiger charge is -2.03. The van der Waals surface area contributed by atoms with E-state index in [1.807, 2.05) is 30.3 Å². The molecule has 0 saturated heterocycles. The van der Waals surface area contributed by atoms with Gasteiger partial charge in [0.25, 0.3) is 0 Å². The van der Waals surface area contributed by atoms with Crippen molar-refractivity contribution in [1.82, 2.24) is 4.98 Å². The fourth-order valence-electron chi connectivity index (χ4n) is 2.05.